The minimum Gasteiger partial charge on any atom is -0.380 e. The Hall–Kier alpha value is -2.33. The standard InChI is InChI=1S/C21H26N2O2/c1-3-4-16-5-7-17(8-6-16)21(24)22-18-9-11-19(12-10-18)23-14-13-20(15-23)25-2/h5-12,20H,3-4,13-15H2,1-2H3,(H,22,24). The third-order valence-corrected chi connectivity index (χ3v) is 4.72. The van der Waals surface area contributed by atoms with Gasteiger partial charge in [0.15, 0.2) is 0 Å². The lowest BCUT2D eigenvalue weighted by molar-refractivity contribution is 0.102. The summed E-state index contributed by atoms with van der Waals surface area (Å²) in [6.45, 7) is 4.09. The molecule has 4 heteroatoms. The second kappa shape index (κ2) is 8.17. The number of carbonyl (C=O) groups is 1. The number of benzene rings is 2. The molecule has 3 rings (SSSR count). The van der Waals surface area contributed by atoms with E-state index in [1.54, 1.807) is 7.11 Å². The van der Waals surface area contributed by atoms with E-state index in [9.17, 15) is 4.79 Å². The fraction of sp³-hybridized carbons (Fsp3) is 0.381. The molecule has 1 atom stereocenters. The minimum absolute atomic E-state index is 0.0728. The largest absolute Gasteiger partial charge is 0.380 e. The van der Waals surface area contributed by atoms with E-state index in [-0.39, 0.29) is 5.91 Å². The maximum Gasteiger partial charge on any atom is 0.255 e. The van der Waals surface area contributed by atoms with Crippen LogP contribution in [0.3, 0.4) is 0 Å². The summed E-state index contributed by atoms with van der Waals surface area (Å²) in [6, 6.07) is 15.9. The Morgan fingerprint density at radius 1 is 1.16 bits per heavy atom. The van der Waals surface area contributed by atoms with Crippen molar-refractivity contribution in [1.82, 2.24) is 0 Å². The van der Waals surface area contributed by atoms with Crippen LogP contribution in [0.1, 0.15) is 35.7 Å². The van der Waals surface area contributed by atoms with Crippen molar-refractivity contribution in [3.8, 4) is 0 Å². The second-order valence-corrected chi connectivity index (χ2v) is 6.54. The van der Waals surface area contributed by atoms with Crippen LogP contribution in [0.25, 0.3) is 0 Å². The molecule has 2 aromatic carbocycles. The van der Waals surface area contributed by atoms with Gasteiger partial charge in [-0.25, -0.2) is 0 Å². The molecule has 1 heterocycles. The van der Waals surface area contributed by atoms with E-state index in [2.05, 4.69) is 29.3 Å². The highest BCUT2D eigenvalue weighted by Gasteiger charge is 2.22. The number of hydrogen-bond acceptors (Lipinski definition) is 3. The first-order chi connectivity index (χ1) is 12.2. The molecule has 0 saturated carbocycles. The van der Waals surface area contributed by atoms with Crippen LogP contribution in [0.4, 0.5) is 11.4 Å². The van der Waals surface area contributed by atoms with E-state index in [4.69, 9.17) is 4.74 Å². The molecule has 132 valence electrons. The predicted molar refractivity (Wildman–Crippen MR) is 102 cm³/mol. The van der Waals surface area contributed by atoms with Crippen LogP contribution in [-0.4, -0.2) is 32.2 Å². The quantitative estimate of drug-likeness (QED) is 0.861. The average molecular weight is 338 g/mol. The summed E-state index contributed by atoms with van der Waals surface area (Å²) in [5.41, 5.74) is 3.94. The van der Waals surface area contributed by atoms with Gasteiger partial charge in [0.05, 0.1) is 6.10 Å². The fourth-order valence-corrected chi connectivity index (χ4v) is 3.23. The van der Waals surface area contributed by atoms with Crippen LogP contribution < -0.4 is 10.2 Å². The number of anilines is 2. The summed E-state index contributed by atoms with van der Waals surface area (Å²) in [7, 11) is 1.77. The molecule has 1 N–H and O–H groups in total. The van der Waals surface area contributed by atoms with Gasteiger partial charge in [0.1, 0.15) is 0 Å². The predicted octanol–water partition coefficient (Wildman–Crippen LogP) is 4.12. The van der Waals surface area contributed by atoms with Crippen LogP contribution in [0, 0.1) is 0 Å². The van der Waals surface area contributed by atoms with Gasteiger partial charge in [-0.05, 0) is 54.8 Å². The van der Waals surface area contributed by atoms with Gasteiger partial charge in [-0.1, -0.05) is 25.5 Å². The smallest absolute Gasteiger partial charge is 0.255 e. The molecule has 1 fully saturated rings. The van der Waals surface area contributed by atoms with Crippen molar-refractivity contribution in [2.24, 2.45) is 0 Å². The monoisotopic (exact) mass is 338 g/mol. The Bertz CT molecular complexity index is 695. The topological polar surface area (TPSA) is 41.6 Å². The van der Waals surface area contributed by atoms with Gasteiger partial charge in [-0.2, -0.15) is 0 Å². The van der Waals surface area contributed by atoms with Crippen LogP contribution in [0.15, 0.2) is 48.5 Å². The summed E-state index contributed by atoms with van der Waals surface area (Å²) < 4.78 is 5.41. The molecule has 0 radical (unpaired) electrons. The van der Waals surface area contributed by atoms with Gasteiger partial charge in [-0.3, -0.25) is 4.79 Å². The molecule has 0 bridgehead atoms. The summed E-state index contributed by atoms with van der Waals surface area (Å²) in [5, 5.41) is 2.97. The van der Waals surface area contributed by atoms with Crippen LogP contribution in [-0.2, 0) is 11.2 Å². The Labute approximate surface area is 149 Å². The first-order valence-corrected chi connectivity index (χ1v) is 8.97. The number of hydrogen-bond donors (Lipinski definition) is 1. The van der Waals surface area contributed by atoms with Crippen LogP contribution >= 0.6 is 0 Å². The molecule has 1 aliphatic rings. The summed E-state index contributed by atoms with van der Waals surface area (Å²) in [5.74, 6) is -0.0728. The maximum atomic E-state index is 12.4. The van der Waals surface area contributed by atoms with E-state index < -0.39 is 0 Å². The molecule has 1 unspecified atom stereocenters. The normalized spacial score (nSPS) is 16.9. The zero-order chi connectivity index (χ0) is 17.6. The number of carbonyl (C=O) groups excluding carboxylic acids is 1. The zero-order valence-electron chi connectivity index (χ0n) is 15.0. The Morgan fingerprint density at radius 3 is 2.48 bits per heavy atom. The summed E-state index contributed by atoms with van der Waals surface area (Å²) in [4.78, 5) is 14.7. The lowest BCUT2D eigenvalue weighted by Crippen LogP contribution is -2.22. The van der Waals surface area contributed by atoms with Crippen LogP contribution in [0.2, 0.25) is 0 Å². The molecule has 0 aliphatic carbocycles. The highest BCUT2D eigenvalue weighted by atomic mass is 16.5. The lowest BCUT2D eigenvalue weighted by Gasteiger charge is -2.18. The van der Waals surface area contributed by atoms with Gasteiger partial charge < -0.3 is 15.0 Å². The van der Waals surface area contributed by atoms with Crippen molar-refractivity contribution in [3.05, 3.63) is 59.7 Å². The summed E-state index contributed by atoms with van der Waals surface area (Å²) >= 11 is 0. The molecular formula is C21H26N2O2. The zero-order valence-corrected chi connectivity index (χ0v) is 15.0. The molecule has 1 saturated heterocycles. The van der Waals surface area contributed by atoms with Gasteiger partial charge in [0.25, 0.3) is 5.91 Å². The number of nitrogens with one attached hydrogen (secondary N) is 1. The number of aryl methyl sites for hydroxylation is 1. The highest BCUT2D eigenvalue weighted by Crippen LogP contribution is 2.23. The molecule has 0 aromatic heterocycles. The Balaban J connectivity index is 1.60. The van der Waals surface area contributed by atoms with Gasteiger partial charge in [-0.15, -0.1) is 0 Å². The highest BCUT2D eigenvalue weighted by molar-refractivity contribution is 6.04. The first kappa shape index (κ1) is 17.5. The Kier molecular flexibility index (Phi) is 5.71. The average Bonchev–Trinajstić information content (AvgIpc) is 3.12. The van der Waals surface area contributed by atoms with Gasteiger partial charge >= 0.3 is 0 Å². The van der Waals surface area contributed by atoms with Crippen molar-refractivity contribution < 1.29 is 9.53 Å². The number of nitrogens with zero attached hydrogens (tertiary/aromatic N) is 1. The molecule has 0 spiro atoms. The van der Waals surface area contributed by atoms with Crippen molar-refractivity contribution in [2.75, 3.05) is 30.4 Å². The summed E-state index contributed by atoms with van der Waals surface area (Å²) in [6.07, 6.45) is 3.53. The second-order valence-electron chi connectivity index (χ2n) is 6.54. The minimum atomic E-state index is -0.0728. The number of rotatable bonds is 6. The molecule has 2 aromatic rings. The molecular weight excluding hydrogens is 312 g/mol. The number of amides is 1. The van der Waals surface area contributed by atoms with E-state index >= 15 is 0 Å². The van der Waals surface area contributed by atoms with E-state index in [1.807, 2.05) is 36.4 Å². The van der Waals surface area contributed by atoms with Gasteiger partial charge in [0, 0.05) is 37.1 Å². The van der Waals surface area contributed by atoms with E-state index in [0.29, 0.717) is 11.7 Å². The third-order valence-electron chi connectivity index (χ3n) is 4.72. The SMILES string of the molecule is CCCc1ccc(C(=O)Nc2ccc(N3CCC(OC)C3)cc2)cc1. The molecule has 1 amide bonds. The lowest BCUT2D eigenvalue weighted by atomic mass is 10.1. The van der Waals surface area contributed by atoms with Crippen molar-refractivity contribution >= 4 is 17.3 Å². The number of methoxy groups -OCH3 is 1. The first-order valence-electron chi connectivity index (χ1n) is 8.97. The Morgan fingerprint density at radius 2 is 1.88 bits per heavy atom. The maximum absolute atomic E-state index is 12.4. The van der Waals surface area contributed by atoms with Crippen LogP contribution in [0.5, 0.6) is 0 Å². The molecule has 25 heavy (non-hydrogen) atoms. The van der Waals surface area contributed by atoms with Crippen molar-refractivity contribution in [2.45, 2.75) is 32.3 Å². The van der Waals surface area contributed by atoms with E-state index in [0.717, 1.165) is 38.0 Å². The molecule has 1 aliphatic heterocycles. The fourth-order valence-electron chi connectivity index (χ4n) is 3.23. The van der Waals surface area contributed by atoms with Gasteiger partial charge in [0.2, 0.25) is 0 Å². The third kappa shape index (κ3) is 4.40. The number of ether oxygens (including phenoxy) is 1. The van der Waals surface area contributed by atoms with Crippen molar-refractivity contribution in [1.29, 1.82) is 0 Å². The molecule has 4 nitrogen and oxygen atoms in total. The van der Waals surface area contributed by atoms with E-state index in [1.165, 1.54) is 11.3 Å². The van der Waals surface area contributed by atoms with Crippen molar-refractivity contribution in [3.63, 3.8) is 0 Å².